The number of hydrogen-bond donors (Lipinski definition) is 1. The van der Waals surface area contributed by atoms with E-state index >= 15 is 0 Å². The van der Waals surface area contributed by atoms with E-state index in [9.17, 15) is 13.2 Å². The van der Waals surface area contributed by atoms with E-state index in [-0.39, 0.29) is 4.90 Å². The molecule has 3 aromatic rings. The molecular formula is C15H10BrClN2O3S2. The molecule has 1 heterocycles. The van der Waals surface area contributed by atoms with Crippen LogP contribution in [0.3, 0.4) is 0 Å². The molecule has 124 valence electrons. The standard InChI is InChI=1S/C15H10BrClN2O3S2/c16-9-1-6-12-13(7-9)23-15(18-12)19-14(20)8-24(21,22)11-4-2-10(17)3-5-11/h1-7H,8H2,(H,18,19,20). The summed E-state index contributed by atoms with van der Waals surface area (Å²) in [6.45, 7) is 0. The van der Waals surface area contributed by atoms with Crippen molar-refractivity contribution in [3.05, 3.63) is 52.0 Å². The number of carbonyl (C=O) groups excluding carboxylic acids is 1. The summed E-state index contributed by atoms with van der Waals surface area (Å²) in [5.74, 6) is -1.29. The molecule has 9 heteroatoms. The summed E-state index contributed by atoms with van der Waals surface area (Å²) in [4.78, 5) is 16.4. The van der Waals surface area contributed by atoms with Crippen LogP contribution >= 0.6 is 38.9 Å². The number of carbonyl (C=O) groups is 1. The maximum Gasteiger partial charge on any atom is 0.241 e. The third kappa shape index (κ3) is 3.94. The van der Waals surface area contributed by atoms with Gasteiger partial charge in [-0.25, -0.2) is 13.4 Å². The third-order valence-electron chi connectivity index (χ3n) is 3.09. The van der Waals surface area contributed by atoms with Crippen molar-refractivity contribution in [2.24, 2.45) is 0 Å². The predicted octanol–water partition coefficient (Wildman–Crippen LogP) is 4.12. The normalized spacial score (nSPS) is 11.6. The monoisotopic (exact) mass is 444 g/mol. The van der Waals surface area contributed by atoms with Crippen molar-refractivity contribution in [2.75, 3.05) is 11.1 Å². The van der Waals surface area contributed by atoms with Crippen molar-refractivity contribution < 1.29 is 13.2 Å². The first-order valence-corrected chi connectivity index (χ1v) is 10.3. The Hall–Kier alpha value is -1.48. The van der Waals surface area contributed by atoms with E-state index in [1.54, 1.807) is 0 Å². The molecule has 2 aromatic carbocycles. The van der Waals surface area contributed by atoms with Crippen LogP contribution in [-0.2, 0) is 14.6 Å². The summed E-state index contributed by atoms with van der Waals surface area (Å²) in [5, 5.41) is 3.33. The van der Waals surface area contributed by atoms with Gasteiger partial charge in [0, 0.05) is 9.50 Å². The van der Waals surface area contributed by atoms with Crippen LogP contribution in [0, 0.1) is 0 Å². The van der Waals surface area contributed by atoms with Gasteiger partial charge in [0.25, 0.3) is 0 Å². The Morgan fingerprint density at radius 3 is 2.62 bits per heavy atom. The average Bonchev–Trinajstić information content (AvgIpc) is 2.88. The quantitative estimate of drug-likeness (QED) is 0.655. The maximum absolute atomic E-state index is 12.2. The van der Waals surface area contributed by atoms with Gasteiger partial charge in [0.05, 0.1) is 15.1 Å². The Morgan fingerprint density at radius 1 is 1.21 bits per heavy atom. The molecule has 0 spiro atoms. The van der Waals surface area contributed by atoms with Crippen molar-refractivity contribution in [1.29, 1.82) is 0 Å². The van der Waals surface area contributed by atoms with Crippen molar-refractivity contribution in [3.63, 3.8) is 0 Å². The number of benzene rings is 2. The lowest BCUT2D eigenvalue weighted by atomic mass is 10.3. The summed E-state index contributed by atoms with van der Waals surface area (Å²) in [7, 11) is -3.73. The van der Waals surface area contributed by atoms with E-state index in [1.807, 2.05) is 18.2 Å². The SMILES string of the molecule is O=C(CS(=O)(=O)c1ccc(Cl)cc1)Nc1nc2ccc(Br)cc2s1. The van der Waals surface area contributed by atoms with Crippen LogP contribution in [0.4, 0.5) is 5.13 Å². The molecule has 1 amide bonds. The summed E-state index contributed by atoms with van der Waals surface area (Å²) < 4.78 is 26.3. The van der Waals surface area contributed by atoms with Gasteiger partial charge in [-0.15, -0.1) is 0 Å². The molecule has 0 bridgehead atoms. The highest BCUT2D eigenvalue weighted by Crippen LogP contribution is 2.28. The number of rotatable bonds is 4. The molecule has 1 N–H and O–H groups in total. The van der Waals surface area contributed by atoms with E-state index in [0.717, 1.165) is 14.7 Å². The fraction of sp³-hybridized carbons (Fsp3) is 0.0667. The topological polar surface area (TPSA) is 76.1 Å². The van der Waals surface area contributed by atoms with Gasteiger partial charge in [-0.2, -0.15) is 0 Å². The molecule has 0 aliphatic heterocycles. The Kier molecular flexibility index (Phi) is 4.91. The second-order valence-electron chi connectivity index (χ2n) is 4.89. The highest BCUT2D eigenvalue weighted by atomic mass is 79.9. The van der Waals surface area contributed by atoms with Crippen LogP contribution in [0.1, 0.15) is 0 Å². The maximum atomic E-state index is 12.2. The Balaban J connectivity index is 1.75. The molecule has 0 radical (unpaired) electrons. The van der Waals surface area contributed by atoms with E-state index < -0.39 is 21.5 Å². The van der Waals surface area contributed by atoms with Gasteiger partial charge < -0.3 is 5.32 Å². The number of nitrogens with zero attached hydrogens (tertiary/aromatic N) is 1. The number of fused-ring (bicyclic) bond motifs is 1. The Bertz CT molecular complexity index is 1020. The molecule has 0 saturated carbocycles. The summed E-state index contributed by atoms with van der Waals surface area (Å²) in [6, 6.07) is 11.2. The van der Waals surface area contributed by atoms with Gasteiger partial charge in [0.1, 0.15) is 5.75 Å². The second-order valence-corrected chi connectivity index (χ2v) is 9.26. The van der Waals surface area contributed by atoms with Crippen LogP contribution in [0.5, 0.6) is 0 Å². The first kappa shape index (κ1) is 17.3. The number of anilines is 1. The van der Waals surface area contributed by atoms with Crippen LogP contribution in [-0.4, -0.2) is 25.1 Å². The molecule has 24 heavy (non-hydrogen) atoms. The predicted molar refractivity (Wildman–Crippen MR) is 99.5 cm³/mol. The Morgan fingerprint density at radius 2 is 1.92 bits per heavy atom. The molecule has 0 saturated heterocycles. The van der Waals surface area contributed by atoms with Crippen LogP contribution < -0.4 is 5.32 Å². The Labute approximate surface area is 155 Å². The highest BCUT2D eigenvalue weighted by Gasteiger charge is 2.20. The number of sulfone groups is 1. The van der Waals surface area contributed by atoms with Crippen molar-refractivity contribution in [1.82, 2.24) is 4.98 Å². The summed E-state index contributed by atoms with van der Waals surface area (Å²) >= 11 is 10.4. The number of amides is 1. The molecule has 0 atom stereocenters. The number of nitrogens with one attached hydrogen (secondary N) is 1. The minimum Gasteiger partial charge on any atom is -0.301 e. The fourth-order valence-corrected chi connectivity index (χ4v) is 4.70. The van der Waals surface area contributed by atoms with Gasteiger partial charge in [-0.05, 0) is 42.5 Å². The third-order valence-corrected chi connectivity index (χ3v) is 6.40. The zero-order valence-electron chi connectivity index (χ0n) is 12.0. The molecule has 0 aliphatic carbocycles. The largest absolute Gasteiger partial charge is 0.301 e. The van der Waals surface area contributed by atoms with Crippen LogP contribution in [0.15, 0.2) is 51.8 Å². The van der Waals surface area contributed by atoms with Crippen molar-refractivity contribution >= 4 is 70.0 Å². The molecule has 0 fully saturated rings. The molecule has 5 nitrogen and oxygen atoms in total. The summed E-state index contributed by atoms with van der Waals surface area (Å²) in [5.41, 5.74) is 0.735. The molecule has 0 aliphatic rings. The highest BCUT2D eigenvalue weighted by molar-refractivity contribution is 9.10. The first-order valence-electron chi connectivity index (χ1n) is 6.68. The van der Waals surface area contributed by atoms with Crippen LogP contribution in [0.2, 0.25) is 5.02 Å². The average molecular weight is 446 g/mol. The minimum absolute atomic E-state index is 0.0512. The fourth-order valence-electron chi connectivity index (χ4n) is 2.01. The molecular weight excluding hydrogens is 436 g/mol. The van der Waals surface area contributed by atoms with Gasteiger partial charge in [0.2, 0.25) is 5.91 Å². The summed E-state index contributed by atoms with van der Waals surface area (Å²) in [6.07, 6.45) is 0. The van der Waals surface area contributed by atoms with Gasteiger partial charge in [-0.1, -0.05) is 38.9 Å². The molecule has 3 rings (SSSR count). The number of hydrogen-bond acceptors (Lipinski definition) is 5. The van der Waals surface area contributed by atoms with Crippen molar-refractivity contribution in [3.8, 4) is 0 Å². The number of halogens is 2. The number of thiazole rings is 1. The smallest absolute Gasteiger partial charge is 0.241 e. The van der Waals surface area contributed by atoms with E-state index in [2.05, 4.69) is 26.2 Å². The minimum atomic E-state index is -3.73. The molecule has 1 aromatic heterocycles. The first-order chi connectivity index (χ1) is 11.3. The second kappa shape index (κ2) is 6.79. The van der Waals surface area contributed by atoms with E-state index in [1.165, 1.54) is 35.6 Å². The lowest BCUT2D eigenvalue weighted by Crippen LogP contribution is -2.22. The van der Waals surface area contributed by atoms with E-state index in [0.29, 0.717) is 10.2 Å². The van der Waals surface area contributed by atoms with Gasteiger partial charge in [0.15, 0.2) is 15.0 Å². The van der Waals surface area contributed by atoms with Crippen molar-refractivity contribution in [2.45, 2.75) is 4.90 Å². The van der Waals surface area contributed by atoms with E-state index in [4.69, 9.17) is 11.6 Å². The zero-order valence-corrected chi connectivity index (χ0v) is 16.0. The lowest BCUT2D eigenvalue weighted by Gasteiger charge is -2.04. The molecule has 0 unspecified atom stereocenters. The van der Waals surface area contributed by atoms with Gasteiger partial charge in [-0.3, -0.25) is 4.79 Å². The lowest BCUT2D eigenvalue weighted by molar-refractivity contribution is -0.113. The van der Waals surface area contributed by atoms with Gasteiger partial charge >= 0.3 is 0 Å². The number of aromatic nitrogens is 1. The van der Waals surface area contributed by atoms with Crippen LogP contribution in [0.25, 0.3) is 10.2 Å². The zero-order chi connectivity index (χ0) is 17.3.